The molecule has 0 aliphatic heterocycles. The molecule has 0 aliphatic rings. The van der Waals surface area contributed by atoms with Crippen LogP contribution >= 0.6 is 0 Å². The van der Waals surface area contributed by atoms with Crippen LogP contribution < -0.4 is 0 Å². The molecule has 0 amide bonds. The lowest BCUT2D eigenvalue weighted by Crippen LogP contribution is -2.03. The van der Waals surface area contributed by atoms with Gasteiger partial charge in [-0.05, 0) is 17.7 Å². The van der Waals surface area contributed by atoms with Gasteiger partial charge in [-0.15, -0.1) is 0 Å². The third-order valence-corrected chi connectivity index (χ3v) is 5.67. The minimum atomic E-state index is -0.706. The van der Waals surface area contributed by atoms with Gasteiger partial charge in [-0.25, -0.2) is 14.4 Å². The molecule has 0 saturated heterocycles. The van der Waals surface area contributed by atoms with E-state index in [-0.39, 0.29) is 28.1 Å². The summed E-state index contributed by atoms with van der Waals surface area (Å²) in [6, 6.07) is 35.3. The van der Waals surface area contributed by atoms with Crippen molar-refractivity contribution in [1.29, 1.82) is 10.5 Å². The Morgan fingerprint density at radius 2 is 1.09 bits per heavy atom. The molecule has 1 aromatic heterocycles. The third kappa shape index (κ3) is 4.15. The lowest BCUT2D eigenvalue weighted by Gasteiger charge is -2.14. The molecule has 0 fully saturated rings. The van der Waals surface area contributed by atoms with Crippen molar-refractivity contribution in [2.45, 2.75) is 0 Å². The van der Waals surface area contributed by atoms with Crippen molar-refractivity contribution in [3.63, 3.8) is 0 Å². The second-order valence-electron chi connectivity index (χ2n) is 7.82. The first kappa shape index (κ1) is 21.7. The Kier molecular flexibility index (Phi) is 5.82. The highest BCUT2D eigenvalue weighted by atomic mass is 19.1. The molecule has 4 nitrogen and oxygen atoms in total. The van der Waals surface area contributed by atoms with E-state index in [1.807, 2.05) is 78.9 Å². The van der Waals surface area contributed by atoms with Crippen LogP contribution in [0.1, 0.15) is 11.1 Å². The number of rotatable bonds is 4. The second-order valence-corrected chi connectivity index (χ2v) is 7.82. The van der Waals surface area contributed by atoms with Crippen molar-refractivity contribution in [2.75, 3.05) is 0 Å². The van der Waals surface area contributed by atoms with Crippen LogP contribution in [0.3, 0.4) is 0 Å². The predicted molar refractivity (Wildman–Crippen MR) is 133 cm³/mol. The SMILES string of the molecule is N#Cc1cc(-c2ccccc2)c(F)c(C#N)c1-c1nc(-c2ccccc2)cc(-c2ccccc2)n1. The Hall–Kier alpha value is -5.13. The van der Waals surface area contributed by atoms with Crippen LogP contribution in [0.5, 0.6) is 0 Å². The second kappa shape index (κ2) is 9.39. The number of hydrogen-bond donors (Lipinski definition) is 0. The molecular formula is C30H17FN4. The smallest absolute Gasteiger partial charge is 0.163 e. The highest BCUT2D eigenvalue weighted by Crippen LogP contribution is 2.36. The Labute approximate surface area is 202 Å². The Bertz CT molecular complexity index is 1540. The maximum absolute atomic E-state index is 15.7. The van der Waals surface area contributed by atoms with E-state index in [1.54, 1.807) is 24.3 Å². The van der Waals surface area contributed by atoms with Crippen molar-refractivity contribution in [3.8, 4) is 57.2 Å². The van der Waals surface area contributed by atoms with Crippen LogP contribution in [0, 0.1) is 28.5 Å². The normalized spacial score (nSPS) is 10.4. The molecule has 0 N–H and O–H groups in total. The molecule has 164 valence electrons. The molecular weight excluding hydrogens is 435 g/mol. The van der Waals surface area contributed by atoms with E-state index >= 15 is 4.39 Å². The summed E-state index contributed by atoms with van der Waals surface area (Å²) >= 11 is 0. The number of nitriles is 2. The fourth-order valence-electron chi connectivity index (χ4n) is 3.98. The van der Waals surface area contributed by atoms with Gasteiger partial charge < -0.3 is 0 Å². The number of aromatic nitrogens is 2. The minimum Gasteiger partial charge on any atom is -0.228 e. The highest BCUT2D eigenvalue weighted by Gasteiger charge is 2.23. The first-order chi connectivity index (χ1) is 17.2. The minimum absolute atomic E-state index is 0.0853. The molecule has 0 unspecified atom stereocenters. The average molecular weight is 452 g/mol. The molecule has 5 heteroatoms. The summed E-state index contributed by atoms with van der Waals surface area (Å²) in [5.41, 5.74) is 3.61. The van der Waals surface area contributed by atoms with Gasteiger partial charge >= 0.3 is 0 Å². The molecule has 0 atom stereocenters. The van der Waals surface area contributed by atoms with Gasteiger partial charge in [0.1, 0.15) is 17.4 Å². The molecule has 1 heterocycles. The van der Waals surface area contributed by atoms with E-state index in [2.05, 4.69) is 16.0 Å². The number of hydrogen-bond acceptors (Lipinski definition) is 4. The van der Waals surface area contributed by atoms with E-state index in [9.17, 15) is 10.5 Å². The van der Waals surface area contributed by atoms with Gasteiger partial charge in [0.25, 0.3) is 0 Å². The Balaban J connectivity index is 1.81. The summed E-state index contributed by atoms with van der Waals surface area (Å²) in [6.07, 6.45) is 0. The molecule has 5 rings (SSSR count). The predicted octanol–water partition coefficient (Wildman–Crippen LogP) is 7.03. The quantitative estimate of drug-likeness (QED) is 0.293. The average Bonchev–Trinajstić information content (AvgIpc) is 2.94. The molecule has 0 saturated carbocycles. The lowest BCUT2D eigenvalue weighted by molar-refractivity contribution is 0.627. The first-order valence-electron chi connectivity index (χ1n) is 10.9. The summed E-state index contributed by atoms with van der Waals surface area (Å²) in [7, 11) is 0. The van der Waals surface area contributed by atoms with Gasteiger partial charge in [-0.3, -0.25) is 0 Å². The molecule has 4 aromatic carbocycles. The van der Waals surface area contributed by atoms with Crippen LogP contribution in [0.25, 0.3) is 45.0 Å². The largest absolute Gasteiger partial charge is 0.228 e. The molecule has 35 heavy (non-hydrogen) atoms. The molecule has 0 spiro atoms. The van der Waals surface area contributed by atoms with Gasteiger partial charge in [-0.2, -0.15) is 10.5 Å². The van der Waals surface area contributed by atoms with E-state index < -0.39 is 5.82 Å². The number of nitrogens with zero attached hydrogens (tertiary/aromatic N) is 4. The Morgan fingerprint density at radius 3 is 1.54 bits per heavy atom. The van der Waals surface area contributed by atoms with Gasteiger partial charge in [0.2, 0.25) is 0 Å². The molecule has 0 bridgehead atoms. The molecule has 5 aromatic rings. The van der Waals surface area contributed by atoms with Crippen LogP contribution in [0.2, 0.25) is 0 Å². The van der Waals surface area contributed by atoms with Gasteiger partial charge in [0, 0.05) is 16.7 Å². The van der Waals surface area contributed by atoms with Crippen molar-refractivity contribution >= 4 is 0 Å². The lowest BCUT2D eigenvalue weighted by atomic mass is 9.93. The fourth-order valence-corrected chi connectivity index (χ4v) is 3.98. The summed E-state index contributed by atoms with van der Waals surface area (Å²) in [5, 5.41) is 20.0. The van der Waals surface area contributed by atoms with E-state index in [0.717, 1.165) is 11.1 Å². The van der Waals surface area contributed by atoms with E-state index in [1.165, 1.54) is 6.07 Å². The first-order valence-corrected chi connectivity index (χ1v) is 10.9. The monoisotopic (exact) mass is 452 g/mol. The maximum Gasteiger partial charge on any atom is 0.163 e. The topological polar surface area (TPSA) is 73.4 Å². The van der Waals surface area contributed by atoms with Crippen LogP contribution in [0.15, 0.2) is 103 Å². The van der Waals surface area contributed by atoms with Crippen LogP contribution in [-0.4, -0.2) is 9.97 Å². The summed E-state index contributed by atoms with van der Waals surface area (Å²) in [4.78, 5) is 9.36. The zero-order valence-corrected chi connectivity index (χ0v) is 18.5. The van der Waals surface area contributed by atoms with Crippen molar-refractivity contribution < 1.29 is 4.39 Å². The zero-order chi connectivity index (χ0) is 24.2. The number of benzene rings is 4. The maximum atomic E-state index is 15.7. The van der Waals surface area contributed by atoms with Crippen LogP contribution in [-0.2, 0) is 0 Å². The third-order valence-electron chi connectivity index (χ3n) is 5.67. The Morgan fingerprint density at radius 1 is 0.600 bits per heavy atom. The summed E-state index contributed by atoms with van der Waals surface area (Å²) in [6.45, 7) is 0. The van der Waals surface area contributed by atoms with Gasteiger partial charge in [-0.1, -0.05) is 91.0 Å². The van der Waals surface area contributed by atoms with E-state index in [0.29, 0.717) is 17.0 Å². The standard InChI is InChI=1S/C30H17FN4/c31-29-24(20-10-4-1-5-11-20)16-23(18-32)28(25(29)19-33)30-34-26(21-12-6-2-7-13-21)17-27(35-30)22-14-8-3-9-15-22/h1-17H. The fraction of sp³-hybridized carbons (Fsp3) is 0. The molecule has 0 radical (unpaired) electrons. The van der Waals surface area contributed by atoms with Crippen LogP contribution in [0.4, 0.5) is 4.39 Å². The van der Waals surface area contributed by atoms with Crippen molar-refractivity contribution in [2.24, 2.45) is 0 Å². The zero-order valence-electron chi connectivity index (χ0n) is 18.5. The highest BCUT2D eigenvalue weighted by molar-refractivity contribution is 5.81. The van der Waals surface area contributed by atoms with Gasteiger partial charge in [0.15, 0.2) is 5.82 Å². The van der Waals surface area contributed by atoms with E-state index in [4.69, 9.17) is 0 Å². The van der Waals surface area contributed by atoms with Gasteiger partial charge in [0.05, 0.1) is 28.6 Å². The summed E-state index contributed by atoms with van der Waals surface area (Å²) in [5.74, 6) is -0.584. The van der Waals surface area contributed by atoms with Crippen molar-refractivity contribution in [3.05, 3.63) is 120 Å². The molecule has 0 aliphatic carbocycles. The summed E-state index contributed by atoms with van der Waals surface area (Å²) < 4.78 is 15.7. The number of halogens is 1. The van der Waals surface area contributed by atoms with Crippen molar-refractivity contribution in [1.82, 2.24) is 9.97 Å².